The molecule has 1 aromatic carbocycles. The van der Waals surface area contributed by atoms with Crippen molar-refractivity contribution in [2.24, 2.45) is 11.3 Å². The molecule has 1 amide bonds. The van der Waals surface area contributed by atoms with Crippen LogP contribution in [0.25, 0.3) is 0 Å². The van der Waals surface area contributed by atoms with Gasteiger partial charge in [0.2, 0.25) is 5.91 Å². The van der Waals surface area contributed by atoms with Gasteiger partial charge in [-0.15, -0.1) is 0 Å². The van der Waals surface area contributed by atoms with Crippen molar-refractivity contribution in [2.75, 3.05) is 7.05 Å². The van der Waals surface area contributed by atoms with Crippen LogP contribution in [0, 0.1) is 11.3 Å². The van der Waals surface area contributed by atoms with Crippen LogP contribution in [0.3, 0.4) is 0 Å². The van der Waals surface area contributed by atoms with Gasteiger partial charge in [0.25, 0.3) is 0 Å². The summed E-state index contributed by atoms with van der Waals surface area (Å²) in [6.45, 7) is 2.17. The number of hydrogen-bond acceptors (Lipinski definition) is 1. The fourth-order valence-corrected chi connectivity index (χ4v) is 3.81. The molecule has 2 heteroatoms. The van der Waals surface area contributed by atoms with Crippen molar-refractivity contribution in [3.8, 4) is 0 Å². The molecule has 0 unspecified atom stereocenters. The van der Waals surface area contributed by atoms with Crippen LogP contribution in [0.5, 0.6) is 0 Å². The van der Waals surface area contributed by atoms with Gasteiger partial charge in [-0.05, 0) is 18.4 Å². The molecule has 0 bridgehead atoms. The number of nitrogens with zero attached hydrogens (tertiary/aromatic N) is 1. The van der Waals surface area contributed by atoms with E-state index in [1.54, 1.807) is 0 Å². The first-order valence-electron chi connectivity index (χ1n) is 7.36. The molecule has 2 aliphatic rings. The van der Waals surface area contributed by atoms with Crippen molar-refractivity contribution in [3.05, 3.63) is 60.2 Å². The van der Waals surface area contributed by atoms with Crippen LogP contribution in [-0.2, 0) is 11.2 Å². The van der Waals surface area contributed by atoms with Gasteiger partial charge in [0.1, 0.15) is 0 Å². The van der Waals surface area contributed by atoms with Crippen molar-refractivity contribution in [1.82, 2.24) is 4.90 Å². The maximum absolute atomic E-state index is 12.9. The second-order valence-corrected chi connectivity index (χ2v) is 5.86. The summed E-state index contributed by atoms with van der Waals surface area (Å²) in [5.74, 6) is 0.550. The second-order valence-electron chi connectivity index (χ2n) is 5.86. The van der Waals surface area contributed by atoms with Gasteiger partial charge in [-0.1, -0.05) is 61.6 Å². The van der Waals surface area contributed by atoms with Crippen LogP contribution in [0.2, 0.25) is 0 Å². The third-order valence-electron chi connectivity index (χ3n) is 4.81. The molecule has 0 spiro atoms. The lowest BCUT2D eigenvalue weighted by molar-refractivity contribution is -0.133. The van der Waals surface area contributed by atoms with Crippen molar-refractivity contribution in [3.63, 3.8) is 0 Å². The summed E-state index contributed by atoms with van der Waals surface area (Å²) >= 11 is 0. The van der Waals surface area contributed by atoms with Crippen LogP contribution in [0.4, 0.5) is 0 Å². The third-order valence-corrected chi connectivity index (χ3v) is 4.81. The van der Waals surface area contributed by atoms with E-state index in [2.05, 4.69) is 37.3 Å². The Morgan fingerprint density at radius 3 is 2.65 bits per heavy atom. The van der Waals surface area contributed by atoms with E-state index in [1.807, 2.05) is 36.2 Å². The molecule has 3 atom stereocenters. The number of carbonyl (C=O) groups excluding carboxylic acids is 1. The summed E-state index contributed by atoms with van der Waals surface area (Å²) in [5, 5.41) is 0. The smallest absolute Gasteiger partial charge is 0.233 e. The molecule has 1 saturated heterocycles. The Bertz CT molecular complexity index is 560. The van der Waals surface area contributed by atoms with Gasteiger partial charge in [0.15, 0.2) is 0 Å². The average Bonchev–Trinajstić information content (AvgIpc) is 2.69. The van der Waals surface area contributed by atoms with Crippen LogP contribution < -0.4 is 0 Å². The van der Waals surface area contributed by atoms with Crippen molar-refractivity contribution < 1.29 is 4.79 Å². The Balaban J connectivity index is 2.02. The minimum Gasteiger partial charge on any atom is -0.341 e. The molecule has 0 aromatic heterocycles. The maximum Gasteiger partial charge on any atom is 0.233 e. The molecule has 1 aliphatic carbocycles. The Hall–Kier alpha value is -1.83. The average molecular weight is 267 g/mol. The lowest BCUT2D eigenvalue weighted by atomic mass is 9.68. The first kappa shape index (κ1) is 13.2. The van der Waals surface area contributed by atoms with E-state index in [4.69, 9.17) is 0 Å². The van der Waals surface area contributed by atoms with E-state index < -0.39 is 0 Å². The van der Waals surface area contributed by atoms with E-state index in [1.165, 1.54) is 5.56 Å². The number of rotatable bonds is 3. The lowest BCUT2D eigenvalue weighted by Crippen LogP contribution is -2.36. The van der Waals surface area contributed by atoms with Crippen LogP contribution in [-0.4, -0.2) is 23.9 Å². The van der Waals surface area contributed by atoms with Crippen molar-refractivity contribution in [1.29, 1.82) is 0 Å². The first-order valence-corrected chi connectivity index (χ1v) is 7.36. The number of hydrogen-bond donors (Lipinski definition) is 0. The normalized spacial score (nSPS) is 31.7. The predicted octanol–water partition coefficient (Wildman–Crippen LogP) is 3.21. The zero-order valence-electron chi connectivity index (χ0n) is 12.1. The summed E-state index contributed by atoms with van der Waals surface area (Å²) in [7, 11) is 1.95. The monoisotopic (exact) mass is 267 g/mol. The molecule has 20 heavy (non-hydrogen) atoms. The second kappa shape index (κ2) is 4.93. The van der Waals surface area contributed by atoms with Gasteiger partial charge >= 0.3 is 0 Å². The topological polar surface area (TPSA) is 20.3 Å². The predicted molar refractivity (Wildman–Crippen MR) is 81.2 cm³/mol. The molecule has 104 valence electrons. The van der Waals surface area contributed by atoms with Crippen LogP contribution in [0.1, 0.15) is 18.9 Å². The van der Waals surface area contributed by atoms with Crippen LogP contribution in [0.15, 0.2) is 54.6 Å². The highest BCUT2D eigenvalue weighted by Crippen LogP contribution is 2.48. The number of fused-ring (bicyclic) bond motifs is 1. The first-order chi connectivity index (χ1) is 9.69. The van der Waals surface area contributed by atoms with Gasteiger partial charge in [-0.2, -0.15) is 0 Å². The highest BCUT2D eigenvalue weighted by molar-refractivity contribution is 5.89. The molecular weight excluding hydrogens is 246 g/mol. The fourth-order valence-electron chi connectivity index (χ4n) is 3.81. The maximum atomic E-state index is 12.9. The number of allylic oxidation sites excluding steroid dienone is 2. The summed E-state index contributed by atoms with van der Waals surface area (Å²) in [6.07, 6.45) is 10.3. The zero-order valence-corrected chi connectivity index (χ0v) is 12.1. The van der Waals surface area contributed by atoms with Crippen LogP contribution >= 0.6 is 0 Å². The van der Waals surface area contributed by atoms with Crippen molar-refractivity contribution in [2.45, 2.75) is 25.8 Å². The number of carbonyl (C=O) groups is 1. The zero-order chi connectivity index (χ0) is 14.2. The number of benzene rings is 1. The third kappa shape index (κ3) is 1.82. The van der Waals surface area contributed by atoms with E-state index in [0.29, 0.717) is 6.04 Å². The molecule has 1 heterocycles. The van der Waals surface area contributed by atoms with Gasteiger partial charge in [0.05, 0.1) is 5.41 Å². The highest BCUT2D eigenvalue weighted by Gasteiger charge is 2.55. The largest absolute Gasteiger partial charge is 0.341 e. The summed E-state index contributed by atoms with van der Waals surface area (Å²) in [6, 6.07) is 10.7. The minimum absolute atomic E-state index is 0.263. The van der Waals surface area contributed by atoms with Crippen molar-refractivity contribution >= 4 is 5.91 Å². The van der Waals surface area contributed by atoms with Gasteiger partial charge < -0.3 is 4.90 Å². The highest BCUT2D eigenvalue weighted by atomic mass is 16.2. The molecule has 0 N–H and O–H groups in total. The molecule has 3 rings (SSSR count). The minimum atomic E-state index is -0.383. The van der Waals surface area contributed by atoms with E-state index in [0.717, 1.165) is 12.8 Å². The summed E-state index contributed by atoms with van der Waals surface area (Å²) in [5.41, 5.74) is 0.849. The fraction of sp³-hybridized carbons (Fsp3) is 0.389. The molecular formula is C18H21NO. The molecule has 1 fully saturated rings. The Labute approximate surface area is 120 Å². The molecule has 1 aromatic rings. The van der Waals surface area contributed by atoms with E-state index >= 15 is 0 Å². The Morgan fingerprint density at radius 1 is 1.20 bits per heavy atom. The molecule has 2 nitrogen and oxygen atoms in total. The lowest BCUT2D eigenvalue weighted by Gasteiger charge is -2.31. The molecule has 0 radical (unpaired) electrons. The van der Waals surface area contributed by atoms with Gasteiger partial charge in [-0.3, -0.25) is 4.79 Å². The Kier molecular flexibility index (Phi) is 3.25. The molecule has 1 aliphatic heterocycles. The summed E-state index contributed by atoms with van der Waals surface area (Å²) < 4.78 is 0. The molecule has 0 saturated carbocycles. The standard InChI is InChI=1S/C18H21NO/c1-3-16-15-11-7-8-12-18(15,17(20)19(16)2)13-14-9-5-4-6-10-14/h4-12,15-16H,3,13H2,1-2H3/t15-,16+,18+/m0/s1. The Morgan fingerprint density at radius 2 is 1.95 bits per heavy atom. The quantitative estimate of drug-likeness (QED) is 0.823. The van der Waals surface area contributed by atoms with Gasteiger partial charge in [0, 0.05) is 19.0 Å². The number of likely N-dealkylation sites (tertiary alicyclic amines) is 1. The van der Waals surface area contributed by atoms with Gasteiger partial charge in [-0.25, -0.2) is 0 Å². The van der Waals surface area contributed by atoms with E-state index in [-0.39, 0.29) is 17.2 Å². The number of amides is 1. The SMILES string of the molecule is CC[C@@H]1[C@@H]2C=CC=C[C@]2(Cc2ccccc2)C(=O)N1C. The summed E-state index contributed by atoms with van der Waals surface area (Å²) in [4.78, 5) is 14.8. The van der Waals surface area contributed by atoms with E-state index in [9.17, 15) is 4.79 Å².